The molecule has 0 aliphatic carbocycles. The quantitative estimate of drug-likeness (QED) is 0.196. The lowest BCUT2D eigenvalue weighted by Crippen LogP contribution is -2.30. The van der Waals surface area contributed by atoms with Crippen LogP contribution in [0, 0.1) is 10.1 Å². The van der Waals surface area contributed by atoms with E-state index < -0.39 is 4.92 Å². The monoisotopic (exact) mass is 557 g/mol. The van der Waals surface area contributed by atoms with E-state index in [4.69, 9.17) is 11.6 Å². The zero-order chi connectivity index (χ0) is 27.4. The summed E-state index contributed by atoms with van der Waals surface area (Å²) in [4.78, 5) is 39.9. The molecule has 1 unspecified atom stereocenters. The van der Waals surface area contributed by atoms with Crippen molar-refractivity contribution in [3.8, 4) is 0 Å². The molecule has 0 radical (unpaired) electrons. The van der Waals surface area contributed by atoms with Gasteiger partial charge in [0.1, 0.15) is 0 Å². The van der Waals surface area contributed by atoms with Crippen molar-refractivity contribution in [2.45, 2.75) is 29.7 Å². The van der Waals surface area contributed by atoms with Gasteiger partial charge in [-0.05, 0) is 47.5 Å². The first-order valence-electron chi connectivity index (χ1n) is 12.3. The van der Waals surface area contributed by atoms with Crippen molar-refractivity contribution in [3.63, 3.8) is 0 Å². The van der Waals surface area contributed by atoms with Gasteiger partial charge in [0.05, 0.1) is 17.2 Å². The van der Waals surface area contributed by atoms with E-state index in [0.717, 1.165) is 21.7 Å². The summed E-state index contributed by atoms with van der Waals surface area (Å²) in [6.45, 7) is 0.490. The molecule has 0 bridgehead atoms. The van der Waals surface area contributed by atoms with Gasteiger partial charge in [-0.25, -0.2) is 0 Å². The number of carbonyl (C=O) groups excluding carboxylic acids is 2. The number of halogens is 1. The number of nitrogens with zero attached hydrogens (tertiary/aromatic N) is 2. The molecule has 7 nitrogen and oxygen atoms in total. The predicted octanol–water partition coefficient (Wildman–Crippen LogP) is 6.95. The topological polar surface area (TPSA) is 92.6 Å². The van der Waals surface area contributed by atoms with Crippen LogP contribution in [0.5, 0.6) is 0 Å². The number of para-hydroxylation sites is 2. The van der Waals surface area contributed by atoms with Crippen LogP contribution in [0.3, 0.4) is 0 Å². The maximum atomic E-state index is 13.5. The van der Waals surface area contributed by atoms with Crippen molar-refractivity contribution in [1.29, 1.82) is 0 Å². The van der Waals surface area contributed by atoms with Crippen molar-refractivity contribution < 1.29 is 14.5 Å². The Balaban J connectivity index is 1.33. The SMILES string of the molecule is O=C(NCc1ccc(Cl)cc1)c1ccc(C2CC(=O)N(Cc3ccccc3[N+](=O)[O-])c3ccccc3S2)cc1. The number of nitro groups is 1. The van der Waals surface area contributed by atoms with E-state index in [-0.39, 0.29) is 35.7 Å². The third kappa shape index (κ3) is 6.13. The summed E-state index contributed by atoms with van der Waals surface area (Å²) in [5, 5.41) is 14.9. The minimum absolute atomic E-state index is 0.0128. The third-order valence-electron chi connectivity index (χ3n) is 6.51. The van der Waals surface area contributed by atoms with E-state index in [9.17, 15) is 19.7 Å². The second-order valence-corrected chi connectivity index (χ2v) is 10.8. The maximum absolute atomic E-state index is 13.5. The van der Waals surface area contributed by atoms with E-state index in [1.807, 2.05) is 48.5 Å². The molecule has 5 rings (SSSR count). The highest BCUT2D eigenvalue weighted by atomic mass is 35.5. The average molecular weight is 558 g/mol. The molecule has 39 heavy (non-hydrogen) atoms. The van der Waals surface area contributed by atoms with Crippen LogP contribution in [0.2, 0.25) is 5.02 Å². The largest absolute Gasteiger partial charge is 0.348 e. The molecule has 0 aromatic heterocycles. The van der Waals surface area contributed by atoms with Gasteiger partial charge in [-0.1, -0.05) is 66.2 Å². The summed E-state index contributed by atoms with van der Waals surface area (Å²) in [5.74, 6) is -0.317. The van der Waals surface area contributed by atoms with Crippen molar-refractivity contribution in [2.75, 3.05) is 4.90 Å². The molecule has 4 aromatic carbocycles. The van der Waals surface area contributed by atoms with Gasteiger partial charge in [0, 0.05) is 45.3 Å². The number of thioether (sulfide) groups is 1. The van der Waals surface area contributed by atoms with Crippen LogP contribution in [-0.2, 0) is 17.9 Å². The zero-order valence-electron chi connectivity index (χ0n) is 20.7. The Labute approximate surface area is 234 Å². The van der Waals surface area contributed by atoms with Crippen LogP contribution < -0.4 is 10.2 Å². The van der Waals surface area contributed by atoms with Crippen molar-refractivity contribution >= 4 is 46.6 Å². The second kappa shape index (κ2) is 11.7. The highest BCUT2D eigenvalue weighted by Crippen LogP contribution is 2.46. The Kier molecular flexibility index (Phi) is 7.95. The molecule has 2 amide bonds. The molecule has 1 N–H and O–H groups in total. The van der Waals surface area contributed by atoms with E-state index in [1.165, 1.54) is 6.07 Å². The smallest absolute Gasteiger partial charge is 0.274 e. The van der Waals surface area contributed by atoms with Gasteiger partial charge >= 0.3 is 0 Å². The first-order chi connectivity index (χ1) is 18.9. The second-order valence-electron chi connectivity index (χ2n) is 9.08. The van der Waals surface area contributed by atoms with Crippen molar-refractivity contribution in [1.82, 2.24) is 5.32 Å². The number of rotatable bonds is 7. The molecule has 0 saturated heterocycles. The predicted molar refractivity (Wildman–Crippen MR) is 153 cm³/mol. The number of hydrogen-bond donors (Lipinski definition) is 1. The molecule has 0 saturated carbocycles. The van der Waals surface area contributed by atoms with Gasteiger partial charge in [-0.15, -0.1) is 11.8 Å². The van der Waals surface area contributed by atoms with Crippen LogP contribution in [0.4, 0.5) is 11.4 Å². The first kappa shape index (κ1) is 26.5. The molecule has 1 heterocycles. The number of amides is 2. The molecule has 1 aliphatic rings. The fraction of sp³-hybridized carbons (Fsp3) is 0.133. The van der Waals surface area contributed by atoms with Crippen LogP contribution >= 0.6 is 23.4 Å². The number of hydrogen-bond acceptors (Lipinski definition) is 5. The number of nitro benzene ring substituents is 1. The van der Waals surface area contributed by atoms with E-state index >= 15 is 0 Å². The minimum Gasteiger partial charge on any atom is -0.348 e. The Bertz CT molecular complexity index is 1530. The lowest BCUT2D eigenvalue weighted by molar-refractivity contribution is -0.385. The van der Waals surface area contributed by atoms with Gasteiger partial charge < -0.3 is 10.2 Å². The lowest BCUT2D eigenvalue weighted by Gasteiger charge is -2.22. The number of anilines is 1. The summed E-state index contributed by atoms with van der Waals surface area (Å²) in [6, 6.07) is 28.7. The summed E-state index contributed by atoms with van der Waals surface area (Å²) in [7, 11) is 0. The van der Waals surface area contributed by atoms with Crippen LogP contribution in [-0.4, -0.2) is 16.7 Å². The molecule has 196 valence electrons. The standard InChI is InChI=1S/C30H24ClN3O4S/c31-24-15-9-20(10-16-24)18-32-30(36)22-13-11-21(12-14-22)28-17-29(35)33(26-7-3-4-8-27(26)39-28)19-23-5-1-2-6-25(23)34(37)38/h1-16,28H,17-19H2,(H,32,36). The molecular formula is C30H24ClN3O4S. The van der Waals surface area contributed by atoms with Crippen molar-refractivity contribution in [3.05, 3.63) is 134 Å². The molecule has 1 aliphatic heterocycles. The summed E-state index contributed by atoms with van der Waals surface area (Å²) < 4.78 is 0. The summed E-state index contributed by atoms with van der Waals surface area (Å²) in [6.07, 6.45) is 0.210. The Morgan fingerprint density at radius 2 is 1.67 bits per heavy atom. The van der Waals surface area contributed by atoms with Gasteiger partial charge in [-0.2, -0.15) is 0 Å². The fourth-order valence-electron chi connectivity index (χ4n) is 4.47. The Morgan fingerprint density at radius 1 is 0.974 bits per heavy atom. The number of carbonyl (C=O) groups is 2. The Morgan fingerprint density at radius 3 is 2.41 bits per heavy atom. The molecule has 4 aromatic rings. The van der Waals surface area contributed by atoms with Crippen LogP contribution in [0.25, 0.3) is 0 Å². The normalized spacial score (nSPS) is 14.8. The molecule has 0 fully saturated rings. The summed E-state index contributed by atoms with van der Waals surface area (Å²) >= 11 is 7.50. The maximum Gasteiger partial charge on any atom is 0.274 e. The number of nitrogens with one attached hydrogen (secondary N) is 1. The average Bonchev–Trinajstić information content (AvgIpc) is 3.09. The van der Waals surface area contributed by atoms with Gasteiger partial charge in [-0.3, -0.25) is 19.7 Å². The molecule has 0 spiro atoms. The van der Waals surface area contributed by atoms with Gasteiger partial charge in [0.2, 0.25) is 5.91 Å². The molecule has 9 heteroatoms. The fourth-order valence-corrected chi connectivity index (χ4v) is 5.87. The highest BCUT2D eigenvalue weighted by Gasteiger charge is 2.30. The van der Waals surface area contributed by atoms with E-state index in [2.05, 4.69) is 5.32 Å². The van der Waals surface area contributed by atoms with E-state index in [0.29, 0.717) is 22.7 Å². The molecular weight excluding hydrogens is 534 g/mol. The van der Waals surface area contributed by atoms with Gasteiger partial charge in [0.15, 0.2) is 0 Å². The first-order valence-corrected chi connectivity index (χ1v) is 13.6. The Hall–Kier alpha value is -4.14. The number of fused-ring (bicyclic) bond motifs is 1. The zero-order valence-corrected chi connectivity index (χ0v) is 22.3. The minimum atomic E-state index is -0.422. The van der Waals surface area contributed by atoms with Gasteiger partial charge in [0.25, 0.3) is 11.6 Å². The lowest BCUT2D eigenvalue weighted by atomic mass is 10.1. The van der Waals surface area contributed by atoms with Crippen molar-refractivity contribution in [2.24, 2.45) is 0 Å². The number of benzene rings is 4. The summed E-state index contributed by atoms with van der Waals surface area (Å²) in [5.41, 5.74) is 3.58. The third-order valence-corrected chi connectivity index (χ3v) is 8.09. The van der Waals surface area contributed by atoms with Crippen LogP contribution in [0.1, 0.15) is 38.7 Å². The van der Waals surface area contributed by atoms with Crippen LogP contribution in [0.15, 0.2) is 102 Å². The molecule has 1 atom stereocenters. The van der Waals surface area contributed by atoms with E-state index in [1.54, 1.807) is 59.1 Å². The highest BCUT2D eigenvalue weighted by molar-refractivity contribution is 7.99.